The van der Waals surface area contributed by atoms with Gasteiger partial charge in [0.15, 0.2) is 23.3 Å². The van der Waals surface area contributed by atoms with Gasteiger partial charge >= 0.3 is 0 Å². The first-order valence-electron chi connectivity index (χ1n) is 24.8. The number of nitrogens with zero attached hydrogens (tertiary/aromatic N) is 2. The van der Waals surface area contributed by atoms with Crippen molar-refractivity contribution in [3.8, 4) is 0 Å². The molecule has 8 atom stereocenters. The fraction of sp³-hybridized carbons (Fsp3) is 0.617. The number of sulfonamides is 4. The van der Waals surface area contributed by atoms with E-state index in [0.29, 0.717) is 89.2 Å². The molecule has 28 heteroatoms. The number of nitrogens with two attached hydrogens (primary N) is 1. The standard InChI is InChI=1S/2C20H28F3N3O4S2.C7H8O3S/c2*21-17-11-19(23)18(22)9-12(17)10-20(24)13-7-14-1-2-15(8-13)26(14)31(27,28)6-5-25-32(29,30)16-3-4-16;1-6-2-4-7(5-3-6)11(8,9)10/h2*9,11,13-16,20,25H,1-8,10,24H2;2-5H,1H3,(H,8,9,10)/t2*13?,14-,15+,20-;/m11./s1. The van der Waals surface area contributed by atoms with E-state index in [4.69, 9.17) is 5.73 Å². The lowest BCUT2D eigenvalue weighted by Crippen LogP contribution is -2.67. The average molecular weight is 1160 g/mol. The van der Waals surface area contributed by atoms with E-state index in [0.717, 1.165) is 17.7 Å². The van der Waals surface area contributed by atoms with Crippen LogP contribution in [-0.2, 0) is 63.1 Å². The van der Waals surface area contributed by atoms with Gasteiger partial charge in [-0.3, -0.25) is 0 Å². The number of aryl methyl sites for hydroxylation is 1. The first kappa shape index (κ1) is 59.4. The molecule has 0 amide bonds. The predicted octanol–water partition coefficient (Wildman–Crippen LogP) is 3.44. The fourth-order valence-corrected chi connectivity index (χ4v) is 18.0. The number of piperidine rings is 2. The van der Waals surface area contributed by atoms with Crippen molar-refractivity contribution in [3.63, 3.8) is 0 Å². The summed E-state index contributed by atoms with van der Waals surface area (Å²) in [6.45, 7) is 1.52. The molecule has 6 aliphatic rings. The van der Waals surface area contributed by atoms with Crippen LogP contribution in [0, 0.1) is 53.7 Å². The summed E-state index contributed by atoms with van der Waals surface area (Å²) in [6.07, 6.45) is 7.50. The van der Waals surface area contributed by atoms with Gasteiger partial charge in [0.1, 0.15) is 21.8 Å². The van der Waals surface area contributed by atoms with E-state index in [-0.39, 0.29) is 95.5 Å². The van der Waals surface area contributed by atoms with Crippen LogP contribution in [0.5, 0.6) is 0 Å². The number of quaternary nitrogens is 1. The number of rotatable bonds is 19. The van der Waals surface area contributed by atoms with Gasteiger partial charge in [-0.05, 0) is 132 Å². The Bertz CT molecular complexity index is 2920. The van der Waals surface area contributed by atoms with Gasteiger partial charge in [0.2, 0.25) is 40.1 Å². The third-order valence-electron chi connectivity index (χ3n) is 15.0. The van der Waals surface area contributed by atoms with Crippen LogP contribution in [0.3, 0.4) is 0 Å². The van der Waals surface area contributed by atoms with E-state index in [1.807, 2.05) is 6.92 Å². The summed E-state index contributed by atoms with van der Waals surface area (Å²) >= 11 is 0. The molecule has 2 aliphatic carbocycles. The van der Waals surface area contributed by atoms with Crippen LogP contribution < -0.4 is 20.9 Å². The molecule has 4 saturated heterocycles. The molecule has 0 aromatic heterocycles. The van der Waals surface area contributed by atoms with Crippen LogP contribution in [0.15, 0.2) is 53.4 Å². The molecule has 75 heavy (non-hydrogen) atoms. The number of nitrogens with one attached hydrogen (secondary N) is 2. The van der Waals surface area contributed by atoms with Crippen molar-refractivity contribution < 1.29 is 78.7 Å². The van der Waals surface area contributed by atoms with Gasteiger partial charge in [0, 0.05) is 67.8 Å². The molecule has 17 nitrogen and oxygen atoms in total. The maximum absolute atomic E-state index is 14.0. The highest BCUT2D eigenvalue weighted by molar-refractivity contribution is 7.91. The van der Waals surface area contributed by atoms with E-state index in [1.165, 1.54) is 20.7 Å². The Morgan fingerprint density at radius 2 is 0.920 bits per heavy atom. The zero-order valence-corrected chi connectivity index (χ0v) is 45.2. The summed E-state index contributed by atoms with van der Waals surface area (Å²) < 4.78 is 220. The van der Waals surface area contributed by atoms with Crippen molar-refractivity contribution >= 4 is 50.2 Å². The highest BCUT2D eigenvalue weighted by Gasteiger charge is 2.50. The first-order valence-corrected chi connectivity index (χ1v) is 32.5. The van der Waals surface area contributed by atoms with Gasteiger partial charge in [-0.2, -0.15) is 8.61 Å². The van der Waals surface area contributed by atoms with Gasteiger partial charge in [-0.1, -0.05) is 17.7 Å². The predicted molar refractivity (Wildman–Crippen MR) is 264 cm³/mol. The summed E-state index contributed by atoms with van der Waals surface area (Å²) in [7, 11) is -18.4. The van der Waals surface area contributed by atoms with E-state index in [9.17, 15) is 73.0 Å². The van der Waals surface area contributed by atoms with Gasteiger partial charge in [-0.25, -0.2) is 77.9 Å². The van der Waals surface area contributed by atoms with Crippen LogP contribution >= 0.6 is 0 Å². The Morgan fingerprint density at radius 1 is 0.560 bits per heavy atom. The van der Waals surface area contributed by atoms with E-state index in [2.05, 4.69) is 15.2 Å². The van der Waals surface area contributed by atoms with Crippen molar-refractivity contribution in [1.29, 1.82) is 0 Å². The van der Waals surface area contributed by atoms with Gasteiger partial charge < -0.3 is 16.0 Å². The molecule has 3 aromatic carbocycles. The molecule has 4 aliphatic heterocycles. The van der Waals surface area contributed by atoms with E-state index >= 15 is 0 Å². The van der Waals surface area contributed by atoms with Gasteiger partial charge in [-0.15, -0.1) is 0 Å². The van der Waals surface area contributed by atoms with E-state index < -0.39 is 102 Å². The van der Waals surface area contributed by atoms with Crippen LogP contribution in [0.4, 0.5) is 26.3 Å². The molecule has 4 heterocycles. The first-order chi connectivity index (χ1) is 35.0. The Hall–Kier alpha value is -3.29. The maximum Gasteiger partial charge on any atom is 0.215 e. The summed E-state index contributed by atoms with van der Waals surface area (Å²) in [5.74, 6) is -7.03. The normalized spacial score (nSPS) is 25.2. The van der Waals surface area contributed by atoms with Crippen molar-refractivity contribution in [2.45, 2.75) is 148 Å². The number of halogens is 6. The van der Waals surface area contributed by atoms with E-state index in [1.54, 1.807) is 12.1 Å². The summed E-state index contributed by atoms with van der Waals surface area (Å²) in [4.78, 5) is -0.178. The molecule has 3 aromatic rings. The monoisotopic (exact) mass is 1160 g/mol. The largest absolute Gasteiger partial charge is 0.744 e. The average Bonchev–Trinajstić information content (AvgIpc) is 4.26. The maximum atomic E-state index is 14.0. The summed E-state index contributed by atoms with van der Waals surface area (Å²) in [5, 5.41) is -0.802. The zero-order valence-electron chi connectivity index (χ0n) is 41.1. The lowest BCUT2D eigenvalue weighted by atomic mass is 9.83. The lowest BCUT2D eigenvalue weighted by Gasteiger charge is -2.40. The van der Waals surface area contributed by atoms with Crippen molar-refractivity contribution in [2.75, 3.05) is 24.6 Å². The molecule has 6 fully saturated rings. The Kier molecular flexibility index (Phi) is 18.7. The quantitative estimate of drug-likeness (QED) is 0.0764. The highest BCUT2D eigenvalue weighted by atomic mass is 32.2. The van der Waals surface area contributed by atoms with Crippen molar-refractivity contribution in [2.24, 2.45) is 17.6 Å². The van der Waals surface area contributed by atoms with Crippen LogP contribution in [0.1, 0.15) is 93.7 Å². The minimum absolute atomic E-state index is 0.00162. The molecule has 7 N–H and O–H groups in total. The van der Waals surface area contributed by atoms with Gasteiger partial charge in [0.05, 0.1) is 32.9 Å². The lowest BCUT2D eigenvalue weighted by molar-refractivity contribution is -0.435. The Labute approximate surface area is 435 Å². The Morgan fingerprint density at radius 3 is 1.29 bits per heavy atom. The molecule has 2 unspecified atom stereocenters. The molecular formula is C47H64F6N6O11S5. The SMILES string of the molecule is Cc1ccc(S(=O)(=O)[O-])cc1.N[C@H](Cc1cc(F)c(F)cc1F)C1C[C@H]2CC[C@@H](C1)N2S(=O)(=O)CCNS(=O)(=O)C1CC1.[NH3+][C@H](Cc1cc(F)c(F)cc1F)C1C[C@H]2CC[C@@H](C1)N2S(=O)(=O)CCNS(=O)(=O)C1CC1. The fourth-order valence-electron chi connectivity index (χ4n) is 10.8. The number of benzene rings is 3. The molecule has 4 bridgehead atoms. The topological polar surface area (TPSA) is 278 Å². The van der Waals surface area contributed by atoms with Crippen molar-refractivity contribution in [1.82, 2.24) is 18.1 Å². The molecular weight excluding hydrogens is 1100 g/mol. The molecule has 9 rings (SSSR count). The smallest absolute Gasteiger partial charge is 0.215 e. The third kappa shape index (κ3) is 15.1. The second kappa shape index (κ2) is 23.6. The minimum Gasteiger partial charge on any atom is -0.744 e. The van der Waals surface area contributed by atoms with Crippen LogP contribution in [0.25, 0.3) is 0 Å². The number of fused-ring (bicyclic) bond motifs is 4. The second-order valence-corrected chi connectivity index (χ2v) is 30.1. The number of hydrogen-bond donors (Lipinski definition) is 4. The van der Waals surface area contributed by atoms with Gasteiger partial charge in [0.25, 0.3) is 0 Å². The summed E-state index contributed by atoms with van der Waals surface area (Å²) in [6, 6.07) is 6.81. The summed E-state index contributed by atoms with van der Waals surface area (Å²) in [5.41, 5.74) is 11.4. The molecule has 2 saturated carbocycles. The zero-order chi connectivity index (χ0) is 55.0. The minimum atomic E-state index is -4.27. The van der Waals surface area contributed by atoms with Crippen LogP contribution in [-0.4, -0.2) is 127 Å². The highest BCUT2D eigenvalue weighted by Crippen LogP contribution is 2.43. The van der Waals surface area contributed by atoms with Crippen LogP contribution in [0.2, 0.25) is 0 Å². The molecule has 420 valence electrons. The Balaban J connectivity index is 0.000000182. The number of hydrogen-bond acceptors (Lipinski definition) is 12. The molecule has 0 spiro atoms. The molecule has 0 radical (unpaired) electrons. The third-order valence-corrected chi connectivity index (χ3v) is 23.7. The second-order valence-electron chi connectivity index (χ2n) is 20.6. The van der Waals surface area contributed by atoms with Crippen molar-refractivity contribution in [3.05, 3.63) is 100 Å².